The van der Waals surface area contributed by atoms with E-state index in [0.29, 0.717) is 19.4 Å². The van der Waals surface area contributed by atoms with Crippen LogP contribution in [0.25, 0.3) is 0 Å². The average molecular weight is 333 g/mol. The van der Waals surface area contributed by atoms with Crippen LogP contribution in [0.5, 0.6) is 0 Å². The number of carbonyl (C=O) groups is 2. The predicted octanol–water partition coefficient (Wildman–Crippen LogP) is 3.67. The van der Waals surface area contributed by atoms with E-state index < -0.39 is 12.4 Å². The molecule has 0 saturated carbocycles. The standard InChI is InChI=1S/C19H27NO4/c1-5-23-19(22)24-18-8-6-7-9-20(18)17(21)12-16-14(3)10-13(2)11-15(16)4/h10-11,18H,5-9,12H2,1-4H3. The van der Waals surface area contributed by atoms with Gasteiger partial charge in [0.1, 0.15) is 0 Å². The summed E-state index contributed by atoms with van der Waals surface area (Å²) >= 11 is 0. The lowest BCUT2D eigenvalue weighted by atomic mass is 9.96. The Bertz CT molecular complexity index is 588. The van der Waals surface area contributed by atoms with E-state index in [1.807, 2.05) is 13.8 Å². The highest BCUT2D eigenvalue weighted by atomic mass is 16.7. The average Bonchev–Trinajstić information content (AvgIpc) is 2.51. The first-order valence-corrected chi connectivity index (χ1v) is 8.62. The van der Waals surface area contributed by atoms with Crippen LogP contribution in [0.15, 0.2) is 12.1 Å². The lowest BCUT2D eigenvalue weighted by Gasteiger charge is -2.34. The Morgan fingerprint density at radius 3 is 2.46 bits per heavy atom. The molecule has 1 atom stereocenters. The van der Waals surface area contributed by atoms with Crippen molar-refractivity contribution in [1.82, 2.24) is 4.90 Å². The van der Waals surface area contributed by atoms with Gasteiger partial charge in [-0.1, -0.05) is 17.7 Å². The maximum atomic E-state index is 12.8. The predicted molar refractivity (Wildman–Crippen MR) is 91.8 cm³/mol. The molecule has 5 nitrogen and oxygen atoms in total. The van der Waals surface area contributed by atoms with E-state index in [9.17, 15) is 9.59 Å². The number of amides is 1. The third kappa shape index (κ3) is 4.49. The lowest BCUT2D eigenvalue weighted by Crippen LogP contribution is -2.46. The molecule has 1 aromatic carbocycles. The van der Waals surface area contributed by atoms with Crippen LogP contribution in [0, 0.1) is 20.8 Å². The summed E-state index contributed by atoms with van der Waals surface area (Å²) in [5.74, 6) is -0.000878. The van der Waals surface area contributed by atoms with Gasteiger partial charge in [-0.3, -0.25) is 4.79 Å². The van der Waals surface area contributed by atoms with Crippen molar-refractivity contribution in [2.24, 2.45) is 0 Å². The molecule has 24 heavy (non-hydrogen) atoms. The molecule has 1 amide bonds. The fraction of sp³-hybridized carbons (Fsp3) is 0.579. The second-order valence-electron chi connectivity index (χ2n) is 6.39. The Balaban J connectivity index is 2.10. The summed E-state index contributed by atoms with van der Waals surface area (Å²) in [6.07, 6.45) is 1.65. The van der Waals surface area contributed by atoms with Gasteiger partial charge in [-0.2, -0.15) is 0 Å². The highest BCUT2D eigenvalue weighted by molar-refractivity contribution is 5.80. The molecule has 0 aliphatic carbocycles. The van der Waals surface area contributed by atoms with Crippen molar-refractivity contribution in [3.63, 3.8) is 0 Å². The Labute approximate surface area is 143 Å². The largest absolute Gasteiger partial charge is 0.510 e. The summed E-state index contributed by atoms with van der Waals surface area (Å²) in [6.45, 7) is 8.73. The fourth-order valence-corrected chi connectivity index (χ4v) is 3.31. The smallest absolute Gasteiger partial charge is 0.435 e. The Kier molecular flexibility index (Phi) is 6.23. The van der Waals surface area contributed by atoms with Crippen molar-refractivity contribution in [3.8, 4) is 0 Å². The van der Waals surface area contributed by atoms with Crippen LogP contribution in [0.2, 0.25) is 0 Å². The molecule has 5 heteroatoms. The van der Waals surface area contributed by atoms with Gasteiger partial charge in [0.05, 0.1) is 13.0 Å². The van der Waals surface area contributed by atoms with Gasteiger partial charge in [0.2, 0.25) is 5.91 Å². The van der Waals surface area contributed by atoms with E-state index in [1.54, 1.807) is 11.8 Å². The third-order valence-corrected chi connectivity index (χ3v) is 4.43. The molecule has 1 unspecified atom stereocenters. The minimum Gasteiger partial charge on any atom is -0.435 e. The van der Waals surface area contributed by atoms with E-state index in [4.69, 9.17) is 9.47 Å². The van der Waals surface area contributed by atoms with Gasteiger partial charge >= 0.3 is 6.16 Å². The van der Waals surface area contributed by atoms with Crippen LogP contribution in [-0.4, -0.2) is 36.3 Å². The first kappa shape index (κ1) is 18.3. The van der Waals surface area contributed by atoms with Crippen molar-refractivity contribution in [2.45, 2.75) is 59.6 Å². The van der Waals surface area contributed by atoms with Crippen LogP contribution in [0.3, 0.4) is 0 Å². The van der Waals surface area contributed by atoms with Crippen molar-refractivity contribution in [1.29, 1.82) is 0 Å². The van der Waals surface area contributed by atoms with Gasteiger partial charge in [0.25, 0.3) is 0 Å². The number of hydrogen-bond acceptors (Lipinski definition) is 4. The van der Waals surface area contributed by atoms with Gasteiger partial charge in [0.15, 0.2) is 6.23 Å². The van der Waals surface area contributed by atoms with Crippen LogP contribution in [0.4, 0.5) is 4.79 Å². The van der Waals surface area contributed by atoms with E-state index in [1.165, 1.54) is 5.56 Å². The minimum absolute atomic E-state index is 0.000878. The van der Waals surface area contributed by atoms with Crippen molar-refractivity contribution >= 4 is 12.1 Å². The van der Waals surface area contributed by atoms with E-state index in [0.717, 1.165) is 29.5 Å². The molecule has 0 bridgehead atoms. The van der Waals surface area contributed by atoms with Crippen molar-refractivity contribution in [2.75, 3.05) is 13.2 Å². The maximum Gasteiger partial charge on any atom is 0.510 e. The van der Waals surface area contributed by atoms with Gasteiger partial charge in [0, 0.05) is 13.0 Å². The summed E-state index contributed by atoms with van der Waals surface area (Å²) in [6, 6.07) is 4.19. The number of likely N-dealkylation sites (tertiary alicyclic amines) is 1. The Morgan fingerprint density at radius 1 is 1.17 bits per heavy atom. The quantitative estimate of drug-likeness (QED) is 0.789. The van der Waals surface area contributed by atoms with Crippen LogP contribution in [0.1, 0.15) is 48.4 Å². The van der Waals surface area contributed by atoms with E-state index in [-0.39, 0.29) is 12.5 Å². The molecule has 1 saturated heterocycles. The minimum atomic E-state index is -0.704. The number of rotatable bonds is 4. The summed E-state index contributed by atoms with van der Waals surface area (Å²) in [7, 11) is 0. The Hall–Kier alpha value is -2.04. The highest BCUT2D eigenvalue weighted by Crippen LogP contribution is 2.22. The van der Waals surface area contributed by atoms with E-state index in [2.05, 4.69) is 19.1 Å². The highest BCUT2D eigenvalue weighted by Gasteiger charge is 2.30. The number of hydrogen-bond donors (Lipinski definition) is 0. The maximum absolute atomic E-state index is 12.8. The van der Waals surface area contributed by atoms with Crippen LogP contribution < -0.4 is 0 Å². The molecule has 1 fully saturated rings. The number of benzene rings is 1. The second kappa shape index (κ2) is 8.18. The van der Waals surface area contributed by atoms with Crippen molar-refractivity contribution in [3.05, 3.63) is 34.4 Å². The lowest BCUT2D eigenvalue weighted by molar-refractivity contribution is -0.145. The van der Waals surface area contributed by atoms with Crippen LogP contribution >= 0.6 is 0 Å². The number of ether oxygens (including phenoxy) is 2. The van der Waals surface area contributed by atoms with Gasteiger partial charge < -0.3 is 14.4 Å². The molecule has 0 radical (unpaired) electrons. The van der Waals surface area contributed by atoms with Gasteiger partial charge in [-0.15, -0.1) is 0 Å². The molecule has 0 N–H and O–H groups in total. The zero-order chi connectivity index (χ0) is 17.7. The number of piperidine rings is 1. The van der Waals surface area contributed by atoms with Gasteiger partial charge in [-0.05, 0) is 57.2 Å². The molecule has 1 heterocycles. The number of nitrogens with zero attached hydrogens (tertiary/aromatic N) is 1. The molecule has 2 rings (SSSR count). The molecule has 1 aliphatic rings. The van der Waals surface area contributed by atoms with Crippen molar-refractivity contribution < 1.29 is 19.1 Å². The third-order valence-electron chi connectivity index (χ3n) is 4.43. The molecular formula is C19H27NO4. The number of aryl methyl sites for hydroxylation is 3. The summed E-state index contributed by atoms with van der Waals surface area (Å²) in [5.41, 5.74) is 4.51. The molecule has 1 aliphatic heterocycles. The molecule has 1 aromatic rings. The first-order chi connectivity index (χ1) is 11.4. The SMILES string of the molecule is CCOC(=O)OC1CCCCN1C(=O)Cc1c(C)cc(C)cc1C. The summed E-state index contributed by atoms with van der Waals surface area (Å²) < 4.78 is 10.2. The first-order valence-electron chi connectivity index (χ1n) is 8.62. The topological polar surface area (TPSA) is 55.8 Å². The van der Waals surface area contributed by atoms with Crippen LogP contribution in [-0.2, 0) is 20.7 Å². The normalized spacial score (nSPS) is 17.5. The molecular weight excluding hydrogens is 306 g/mol. The number of carbonyl (C=O) groups excluding carboxylic acids is 2. The fourth-order valence-electron chi connectivity index (χ4n) is 3.31. The second-order valence-corrected chi connectivity index (χ2v) is 6.39. The zero-order valence-corrected chi connectivity index (χ0v) is 15.1. The van der Waals surface area contributed by atoms with Gasteiger partial charge in [-0.25, -0.2) is 4.79 Å². The summed E-state index contributed by atoms with van der Waals surface area (Å²) in [5, 5.41) is 0. The van der Waals surface area contributed by atoms with E-state index >= 15 is 0 Å². The Morgan fingerprint density at radius 2 is 1.83 bits per heavy atom. The molecule has 132 valence electrons. The monoisotopic (exact) mass is 333 g/mol. The molecule has 0 aromatic heterocycles. The summed E-state index contributed by atoms with van der Waals surface area (Å²) in [4.78, 5) is 26.1. The molecule has 0 spiro atoms. The zero-order valence-electron chi connectivity index (χ0n) is 15.1.